The number of aryl methyl sites for hydroxylation is 1. The molecule has 0 aromatic carbocycles. The van der Waals surface area contributed by atoms with Crippen LogP contribution in [0.2, 0.25) is 0 Å². The van der Waals surface area contributed by atoms with Crippen molar-refractivity contribution in [3.63, 3.8) is 0 Å². The zero-order valence-electron chi connectivity index (χ0n) is 11.8. The van der Waals surface area contributed by atoms with Crippen molar-refractivity contribution in [2.45, 2.75) is 19.8 Å². The van der Waals surface area contributed by atoms with Gasteiger partial charge in [0.25, 0.3) is 5.56 Å². The van der Waals surface area contributed by atoms with Crippen molar-refractivity contribution in [1.82, 2.24) is 9.78 Å². The molecule has 1 fully saturated rings. The third-order valence-corrected chi connectivity index (χ3v) is 3.57. The summed E-state index contributed by atoms with van der Waals surface area (Å²) in [6.07, 6.45) is 2.82. The molecular formula is C13H20N4O3. The Morgan fingerprint density at radius 2 is 2.15 bits per heavy atom. The second kappa shape index (κ2) is 5.94. The molecular weight excluding hydrogens is 260 g/mol. The van der Waals surface area contributed by atoms with Crippen LogP contribution in [0.25, 0.3) is 0 Å². The predicted octanol–water partition coefficient (Wildman–Crippen LogP) is 0.142. The largest absolute Gasteiger partial charge is 0.466 e. The number of esters is 1. The van der Waals surface area contributed by atoms with Gasteiger partial charge in [-0.3, -0.25) is 9.59 Å². The van der Waals surface area contributed by atoms with Gasteiger partial charge in [-0.2, -0.15) is 5.10 Å². The van der Waals surface area contributed by atoms with E-state index in [2.05, 4.69) is 5.10 Å². The number of ether oxygens (including phenoxy) is 1. The summed E-state index contributed by atoms with van der Waals surface area (Å²) in [5.41, 5.74) is 6.50. The predicted molar refractivity (Wildman–Crippen MR) is 75.5 cm³/mol. The molecule has 2 N–H and O–H groups in total. The van der Waals surface area contributed by atoms with E-state index >= 15 is 0 Å². The topological polar surface area (TPSA) is 90.4 Å². The Morgan fingerprint density at radius 1 is 1.50 bits per heavy atom. The first-order valence-corrected chi connectivity index (χ1v) is 6.78. The summed E-state index contributed by atoms with van der Waals surface area (Å²) in [6.45, 7) is 3.44. The van der Waals surface area contributed by atoms with Gasteiger partial charge in [0.1, 0.15) is 5.69 Å². The van der Waals surface area contributed by atoms with Gasteiger partial charge < -0.3 is 15.4 Å². The van der Waals surface area contributed by atoms with Crippen LogP contribution in [0.5, 0.6) is 0 Å². The van der Waals surface area contributed by atoms with E-state index in [0.717, 1.165) is 0 Å². The quantitative estimate of drug-likeness (QED) is 0.792. The van der Waals surface area contributed by atoms with Crippen molar-refractivity contribution in [3.05, 3.63) is 16.6 Å². The highest BCUT2D eigenvalue weighted by atomic mass is 16.5. The molecule has 2 heterocycles. The summed E-state index contributed by atoms with van der Waals surface area (Å²) in [5, 5.41) is 3.88. The smallest absolute Gasteiger partial charge is 0.309 e. The Hall–Kier alpha value is -2.05. The highest BCUT2D eigenvalue weighted by Crippen LogP contribution is 2.25. The zero-order chi connectivity index (χ0) is 14.7. The lowest BCUT2D eigenvalue weighted by Crippen LogP contribution is -2.41. The van der Waals surface area contributed by atoms with Crippen molar-refractivity contribution in [2.24, 2.45) is 13.0 Å². The molecule has 2 rings (SSSR count). The van der Waals surface area contributed by atoms with Crippen LogP contribution in [0, 0.1) is 5.92 Å². The maximum Gasteiger partial charge on any atom is 0.309 e. The minimum atomic E-state index is -0.209. The number of hydrogen-bond acceptors (Lipinski definition) is 6. The van der Waals surface area contributed by atoms with Crippen molar-refractivity contribution < 1.29 is 9.53 Å². The molecule has 20 heavy (non-hydrogen) atoms. The molecule has 1 aliphatic heterocycles. The van der Waals surface area contributed by atoms with Crippen LogP contribution in [0.3, 0.4) is 0 Å². The molecule has 7 heteroatoms. The molecule has 1 aromatic heterocycles. The molecule has 0 radical (unpaired) electrons. The average Bonchev–Trinajstić information content (AvgIpc) is 2.44. The van der Waals surface area contributed by atoms with Gasteiger partial charge in [-0.25, -0.2) is 4.68 Å². The van der Waals surface area contributed by atoms with Gasteiger partial charge >= 0.3 is 5.97 Å². The van der Waals surface area contributed by atoms with Gasteiger partial charge in [-0.1, -0.05) is 0 Å². The molecule has 0 amide bonds. The first-order chi connectivity index (χ1) is 9.54. The third kappa shape index (κ3) is 2.76. The molecule has 0 bridgehead atoms. The van der Waals surface area contributed by atoms with Gasteiger partial charge in [0.05, 0.1) is 24.4 Å². The van der Waals surface area contributed by atoms with E-state index in [-0.39, 0.29) is 17.4 Å². The minimum Gasteiger partial charge on any atom is -0.466 e. The molecule has 0 spiro atoms. The highest BCUT2D eigenvalue weighted by molar-refractivity contribution is 5.73. The molecule has 7 nitrogen and oxygen atoms in total. The molecule has 1 saturated heterocycles. The maximum atomic E-state index is 12.1. The summed E-state index contributed by atoms with van der Waals surface area (Å²) in [6, 6.07) is 0. The lowest BCUT2D eigenvalue weighted by Gasteiger charge is -2.32. The van der Waals surface area contributed by atoms with Gasteiger partial charge in [-0.05, 0) is 19.8 Å². The van der Waals surface area contributed by atoms with E-state index in [0.29, 0.717) is 43.9 Å². The fraction of sp³-hybridized carbons (Fsp3) is 0.615. The monoisotopic (exact) mass is 280 g/mol. The zero-order valence-corrected chi connectivity index (χ0v) is 11.8. The number of rotatable bonds is 3. The van der Waals surface area contributed by atoms with E-state index in [4.69, 9.17) is 10.5 Å². The molecule has 1 aliphatic rings. The van der Waals surface area contributed by atoms with Crippen LogP contribution in [-0.2, 0) is 16.6 Å². The Kier molecular flexibility index (Phi) is 4.26. The number of nitrogens with two attached hydrogens (primary N) is 1. The summed E-state index contributed by atoms with van der Waals surface area (Å²) in [7, 11) is 1.59. The lowest BCUT2D eigenvalue weighted by molar-refractivity contribution is -0.148. The first kappa shape index (κ1) is 14.4. The summed E-state index contributed by atoms with van der Waals surface area (Å²) in [5.74, 6) is -0.235. The van der Waals surface area contributed by atoms with Crippen molar-refractivity contribution >= 4 is 17.3 Å². The van der Waals surface area contributed by atoms with Crippen LogP contribution >= 0.6 is 0 Å². The van der Waals surface area contributed by atoms with Crippen LogP contribution in [0.1, 0.15) is 19.8 Å². The van der Waals surface area contributed by atoms with Crippen molar-refractivity contribution in [1.29, 1.82) is 0 Å². The minimum absolute atomic E-state index is 0.0851. The number of carbonyl (C=O) groups is 1. The van der Waals surface area contributed by atoms with Crippen molar-refractivity contribution in [2.75, 3.05) is 30.3 Å². The second-order valence-electron chi connectivity index (χ2n) is 4.89. The first-order valence-electron chi connectivity index (χ1n) is 6.78. The Balaban J connectivity index is 2.10. The number of aromatic nitrogens is 2. The van der Waals surface area contributed by atoms with Gasteiger partial charge in [0, 0.05) is 20.1 Å². The summed E-state index contributed by atoms with van der Waals surface area (Å²) < 4.78 is 6.30. The summed E-state index contributed by atoms with van der Waals surface area (Å²) in [4.78, 5) is 25.7. The van der Waals surface area contributed by atoms with E-state index in [9.17, 15) is 9.59 Å². The number of carbonyl (C=O) groups excluding carboxylic acids is 1. The average molecular weight is 280 g/mol. The number of hydrogen-bond donors (Lipinski definition) is 1. The fourth-order valence-electron chi connectivity index (χ4n) is 2.46. The van der Waals surface area contributed by atoms with E-state index < -0.39 is 0 Å². The SMILES string of the molecule is CCOC(=O)C1CCN(c2c(N)cnn(C)c2=O)CC1. The van der Waals surface area contributed by atoms with Crippen molar-refractivity contribution in [3.8, 4) is 0 Å². The standard InChI is InChI=1S/C13H20N4O3/c1-3-20-13(19)9-4-6-17(7-5-9)11-10(14)8-15-16(2)12(11)18/h8-9H,3-7,14H2,1-2H3. The maximum absolute atomic E-state index is 12.1. The Bertz CT molecular complexity index is 547. The molecule has 0 unspecified atom stereocenters. The second-order valence-corrected chi connectivity index (χ2v) is 4.89. The number of piperidine rings is 1. The molecule has 0 atom stereocenters. The third-order valence-electron chi connectivity index (χ3n) is 3.57. The Morgan fingerprint density at radius 3 is 2.75 bits per heavy atom. The van der Waals surface area contributed by atoms with Gasteiger partial charge in [-0.15, -0.1) is 0 Å². The highest BCUT2D eigenvalue weighted by Gasteiger charge is 2.28. The van der Waals surface area contributed by atoms with E-state index in [1.54, 1.807) is 14.0 Å². The van der Waals surface area contributed by atoms with Gasteiger partial charge in [0.15, 0.2) is 0 Å². The number of nitrogens with zero attached hydrogens (tertiary/aromatic N) is 3. The number of nitrogen functional groups attached to an aromatic ring is 1. The van der Waals surface area contributed by atoms with Crippen LogP contribution < -0.4 is 16.2 Å². The van der Waals surface area contributed by atoms with E-state index in [1.807, 2.05) is 4.90 Å². The van der Waals surface area contributed by atoms with Crippen LogP contribution in [0.4, 0.5) is 11.4 Å². The molecule has 0 aliphatic carbocycles. The fourth-order valence-corrected chi connectivity index (χ4v) is 2.46. The number of anilines is 2. The van der Waals surface area contributed by atoms with Crippen LogP contribution in [0.15, 0.2) is 11.0 Å². The summed E-state index contributed by atoms with van der Waals surface area (Å²) >= 11 is 0. The lowest BCUT2D eigenvalue weighted by atomic mass is 9.96. The Labute approximate surface area is 117 Å². The normalized spacial score (nSPS) is 16.2. The van der Waals surface area contributed by atoms with Gasteiger partial charge in [0.2, 0.25) is 0 Å². The molecule has 0 saturated carbocycles. The van der Waals surface area contributed by atoms with E-state index in [1.165, 1.54) is 10.9 Å². The molecule has 1 aromatic rings. The molecule has 110 valence electrons. The van der Waals surface area contributed by atoms with Crippen LogP contribution in [-0.4, -0.2) is 35.4 Å².